The van der Waals surface area contributed by atoms with Gasteiger partial charge in [-0.05, 0) is 18.4 Å². The summed E-state index contributed by atoms with van der Waals surface area (Å²) in [5.74, 6) is -0.199. The lowest BCUT2D eigenvalue weighted by molar-refractivity contribution is -0.132. The maximum Gasteiger partial charge on any atom is 0.261 e. The van der Waals surface area contributed by atoms with Gasteiger partial charge in [-0.1, -0.05) is 6.07 Å². The molecular formula is C12H17N3O2S. The van der Waals surface area contributed by atoms with Gasteiger partial charge >= 0.3 is 0 Å². The fraction of sp³-hybridized carbons (Fsp3) is 0.500. The third-order valence-electron chi connectivity index (χ3n) is 2.97. The van der Waals surface area contributed by atoms with E-state index >= 15 is 0 Å². The molecule has 0 bridgehead atoms. The standard InChI is InChI=1S/C12H17N3O2S/c1-9-7-13-4-5-15(9)11(16)8-14-12(17)10-3-2-6-18-10/h2-3,6,9,13H,4-5,7-8H2,1H3,(H,14,17). The number of hydrogen-bond donors (Lipinski definition) is 2. The van der Waals surface area contributed by atoms with Crippen LogP contribution >= 0.6 is 11.3 Å². The molecule has 0 aromatic carbocycles. The molecular weight excluding hydrogens is 250 g/mol. The number of piperazine rings is 1. The zero-order valence-corrected chi connectivity index (χ0v) is 11.1. The van der Waals surface area contributed by atoms with Crippen LogP contribution in [0.4, 0.5) is 0 Å². The fourth-order valence-corrected chi connectivity index (χ4v) is 2.60. The maximum atomic E-state index is 12.0. The Labute approximate surface area is 110 Å². The topological polar surface area (TPSA) is 61.4 Å². The summed E-state index contributed by atoms with van der Waals surface area (Å²) in [7, 11) is 0. The molecule has 1 aliphatic rings. The fourth-order valence-electron chi connectivity index (χ4n) is 1.96. The van der Waals surface area contributed by atoms with Gasteiger partial charge < -0.3 is 15.5 Å². The van der Waals surface area contributed by atoms with E-state index in [9.17, 15) is 9.59 Å². The van der Waals surface area contributed by atoms with Gasteiger partial charge in [0, 0.05) is 25.7 Å². The molecule has 98 valence electrons. The van der Waals surface area contributed by atoms with Gasteiger partial charge in [0.1, 0.15) is 0 Å². The van der Waals surface area contributed by atoms with E-state index in [0.717, 1.165) is 13.1 Å². The lowest BCUT2D eigenvalue weighted by atomic mass is 10.2. The second kappa shape index (κ2) is 5.97. The van der Waals surface area contributed by atoms with Crippen LogP contribution in [-0.4, -0.2) is 48.9 Å². The van der Waals surface area contributed by atoms with E-state index < -0.39 is 0 Å². The van der Waals surface area contributed by atoms with Crippen LogP contribution in [0.3, 0.4) is 0 Å². The summed E-state index contributed by atoms with van der Waals surface area (Å²) in [5.41, 5.74) is 0. The van der Waals surface area contributed by atoms with Gasteiger partial charge in [-0.15, -0.1) is 11.3 Å². The minimum absolute atomic E-state index is 0.0195. The Kier molecular flexibility index (Phi) is 4.33. The molecule has 0 saturated carbocycles. The molecule has 18 heavy (non-hydrogen) atoms. The van der Waals surface area contributed by atoms with Crippen LogP contribution < -0.4 is 10.6 Å². The van der Waals surface area contributed by atoms with E-state index in [1.807, 2.05) is 23.3 Å². The lowest BCUT2D eigenvalue weighted by Gasteiger charge is -2.34. The van der Waals surface area contributed by atoms with Gasteiger partial charge in [-0.3, -0.25) is 9.59 Å². The van der Waals surface area contributed by atoms with Crippen molar-refractivity contribution in [2.75, 3.05) is 26.2 Å². The van der Waals surface area contributed by atoms with E-state index in [2.05, 4.69) is 10.6 Å². The van der Waals surface area contributed by atoms with Crippen molar-refractivity contribution in [2.24, 2.45) is 0 Å². The number of carbonyl (C=O) groups excluding carboxylic acids is 2. The third-order valence-corrected chi connectivity index (χ3v) is 3.84. The van der Waals surface area contributed by atoms with E-state index in [1.54, 1.807) is 6.07 Å². The number of amides is 2. The molecule has 1 fully saturated rings. The average molecular weight is 267 g/mol. The molecule has 1 atom stereocenters. The highest BCUT2D eigenvalue weighted by Crippen LogP contribution is 2.08. The molecule has 1 aromatic rings. The Morgan fingerprint density at radius 2 is 2.44 bits per heavy atom. The minimum atomic E-state index is -0.180. The average Bonchev–Trinajstić information content (AvgIpc) is 2.90. The van der Waals surface area contributed by atoms with Crippen molar-refractivity contribution in [3.8, 4) is 0 Å². The van der Waals surface area contributed by atoms with Crippen LogP contribution in [0.1, 0.15) is 16.6 Å². The van der Waals surface area contributed by atoms with Crippen molar-refractivity contribution in [3.63, 3.8) is 0 Å². The van der Waals surface area contributed by atoms with Gasteiger partial charge in [-0.25, -0.2) is 0 Å². The van der Waals surface area contributed by atoms with Crippen molar-refractivity contribution >= 4 is 23.2 Å². The number of thiophene rings is 1. The van der Waals surface area contributed by atoms with Crippen molar-refractivity contribution in [1.82, 2.24) is 15.5 Å². The van der Waals surface area contributed by atoms with E-state index in [0.29, 0.717) is 11.4 Å². The lowest BCUT2D eigenvalue weighted by Crippen LogP contribution is -2.54. The number of hydrogen-bond acceptors (Lipinski definition) is 4. The summed E-state index contributed by atoms with van der Waals surface area (Å²) in [4.78, 5) is 26.1. The zero-order chi connectivity index (χ0) is 13.0. The summed E-state index contributed by atoms with van der Waals surface area (Å²) >= 11 is 1.37. The molecule has 0 spiro atoms. The molecule has 2 amide bonds. The first-order valence-electron chi connectivity index (χ1n) is 6.00. The SMILES string of the molecule is CC1CNCCN1C(=O)CNC(=O)c1cccs1. The molecule has 2 rings (SSSR count). The van der Waals surface area contributed by atoms with Gasteiger partial charge in [0.15, 0.2) is 0 Å². The number of nitrogens with one attached hydrogen (secondary N) is 2. The Balaban J connectivity index is 1.82. The first-order valence-corrected chi connectivity index (χ1v) is 6.88. The Hall–Kier alpha value is -1.40. The van der Waals surface area contributed by atoms with Crippen LogP contribution in [0, 0.1) is 0 Å². The summed E-state index contributed by atoms with van der Waals surface area (Å²) in [6, 6.07) is 3.75. The molecule has 0 aliphatic carbocycles. The molecule has 1 aromatic heterocycles. The van der Waals surface area contributed by atoms with Gasteiger partial charge in [-0.2, -0.15) is 0 Å². The zero-order valence-electron chi connectivity index (χ0n) is 10.3. The predicted molar refractivity (Wildman–Crippen MR) is 70.7 cm³/mol. The van der Waals surface area contributed by atoms with E-state index in [-0.39, 0.29) is 24.4 Å². The Morgan fingerprint density at radius 1 is 1.61 bits per heavy atom. The van der Waals surface area contributed by atoms with Crippen LogP contribution in [-0.2, 0) is 4.79 Å². The largest absolute Gasteiger partial charge is 0.342 e. The highest BCUT2D eigenvalue weighted by molar-refractivity contribution is 7.12. The van der Waals surface area contributed by atoms with Crippen LogP contribution in [0.15, 0.2) is 17.5 Å². The van der Waals surface area contributed by atoms with Crippen molar-refractivity contribution in [2.45, 2.75) is 13.0 Å². The highest BCUT2D eigenvalue weighted by Gasteiger charge is 2.23. The number of carbonyl (C=O) groups is 2. The van der Waals surface area contributed by atoms with Crippen LogP contribution in [0.2, 0.25) is 0 Å². The molecule has 1 saturated heterocycles. The summed E-state index contributed by atoms with van der Waals surface area (Å²) in [5, 5.41) is 7.73. The van der Waals surface area contributed by atoms with Crippen molar-refractivity contribution < 1.29 is 9.59 Å². The molecule has 2 N–H and O–H groups in total. The second-order valence-electron chi connectivity index (χ2n) is 4.30. The van der Waals surface area contributed by atoms with Crippen molar-refractivity contribution in [1.29, 1.82) is 0 Å². The normalized spacial score (nSPS) is 19.6. The maximum absolute atomic E-state index is 12.0. The first-order chi connectivity index (χ1) is 8.68. The first kappa shape index (κ1) is 13.0. The summed E-state index contributed by atoms with van der Waals surface area (Å²) < 4.78 is 0. The number of rotatable bonds is 3. The predicted octanol–water partition coefficient (Wildman–Crippen LogP) is 0.298. The summed E-state index contributed by atoms with van der Waals surface area (Å²) in [6.07, 6.45) is 0. The molecule has 2 heterocycles. The highest BCUT2D eigenvalue weighted by atomic mass is 32.1. The van der Waals surface area contributed by atoms with Gasteiger partial charge in [0.2, 0.25) is 5.91 Å². The molecule has 1 unspecified atom stereocenters. The van der Waals surface area contributed by atoms with E-state index in [4.69, 9.17) is 0 Å². The third kappa shape index (κ3) is 3.08. The van der Waals surface area contributed by atoms with Crippen molar-refractivity contribution in [3.05, 3.63) is 22.4 Å². The van der Waals surface area contributed by atoms with E-state index in [1.165, 1.54) is 11.3 Å². The summed E-state index contributed by atoms with van der Waals surface area (Å²) in [6.45, 7) is 4.40. The molecule has 5 nitrogen and oxygen atoms in total. The Bertz CT molecular complexity index is 419. The smallest absolute Gasteiger partial charge is 0.261 e. The monoisotopic (exact) mass is 267 g/mol. The molecule has 6 heteroatoms. The van der Waals surface area contributed by atoms with Crippen LogP contribution in [0.5, 0.6) is 0 Å². The quantitative estimate of drug-likeness (QED) is 0.828. The Morgan fingerprint density at radius 3 is 3.11 bits per heavy atom. The second-order valence-corrected chi connectivity index (χ2v) is 5.25. The van der Waals surface area contributed by atoms with Gasteiger partial charge in [0.25, 0.3) is 5.91 Å². The molecule has 1 aliphatic heterocycles. The van der Waals surface area contributed by atoms with Crippen LogP contribution in [0.25, 0.3) is 0 Å². The minimum Gasteiger partial charge on any atom is -0.342 e. The molecule has 0 radical (unpaired) electrons. The van der Waals surface area contributed by atoms with Gasteiger partial charge in [0.05, 0.1) is 11.4 Å². The number of nitrogens with zero attached hydrogens (tertiary/aromatic N) is 1.